The maximum absolute atomic E-state index is 13.4. The van der Waals surface area contributed by atoms with Crippen LogP contribution in [0.1, 0.15) is 18.9 Å². The van der Waals surface area contributed by atoms with Crippen molar-refractivity contribution in [2.45, 2.75) is 30.2 Å². The summed E-state index contributed by atoms with van der Waals surface area (Å²) >= 11 is 0. The van der Waals surface area contributed by atoms with Gasteiger partial charge in [-0.25, -0.2) is 12.8 Å². The van der Waals surface area contributed by atoms with Gasteiger partial charge in [0.15, 0.2) is 0 Å². The zero-order valence-electron chi connectivity index (χ0n) is 17.9. The summed E-state index contributed by atoms with van der Waals surface area (Å²) in [5.41, 5.74) is 1.64. The minimum Gasteiger partial charge on any atom is -0.419 e. The molecule has 1 saturated heterocycles. The van der Waals surface area contributed by atoms with Gasteiger partial charge in [-0.3, -0.25) is 4.79 Å². The first-order chi connectivity index (χ1) is 15.3. The highest BCUT2D eigenvalue weighted by Gasteiger charge is 2.33. The Hall–Kier alpha value is -3.20. The lowest BCUT2D eigenvalue weighted by Crippen LogP contribution is -2.48. The molecule has 0 radical (unpaired) electrons. The van der Waals surface area contributed by atoms with Crippen molar-refractivity contribution in [2.24, 2.45) is 0 Å². The first-order valence-corrected chi connectivity index (χ1v) is 11.9. The van der Waals surface area contributed by atoms with Crippen LogP contribution < -0.4 is 4.90 Å². The molecular weight excluding hydrogens is 433 g/mol. The second-order valence-electron chi connectivity index (χ2n) is 7.68. The monoisotopic (exact) mass is 457 g/mol. The molecule has 1 aliphatic heterocycles. The Labute approximate surface area is 186 Å². The maximum atomic E-state index is 13.4. The van der Waals surface area contributed by atoms with Crippen molar-refractivity contribution < 1.29 is 22.0 Å². The number of oxazole rings is 1. The van der Waals surface area contributed by atoms with E-state index in [4.69, 9.17) is 4.42 Å². The number of rotatable bonds is 5. The number of nitrogens with zero attached hydrogens (tertiary/aromatic N) is 3. The number of benzene rings is 2. The Morgan fingerprint density at radius 1 is 1.09 bits per heavy atom. The number of aromatic nitrogens is 1. The fourth-order valence-electron chi connectivity index (χ4n) is 3.68. The van der Waals surface area contributed by atoms with Crippen LogP contribution in [0.3, 0.4) is 0 Å². The first kappa shape index (κ1) is 22.0. The molecule has 0 saturated carbocycles. The van der Waals surface area contributed by atoms with Gasteiger partial charge in [-0.15, -0.1) is 0 Å². The predicted octanol–water partition coefficient (Wildman–Crippen LogP) is 3.68. The van der Waals surface area contributed by atoms with Crippen molar-refractivity contribution in [2.75, 3.05) is 31.1 Å². The molecule has 1 amide bonds. The second-order valence-corrected chi connectivity index (χ2v) is 9.54. The second kappa shape index (κ2) is 8.74. The molecule has 0 N–H and O–H groups in total. The molecular formula is C23H24FN3O4S. The summed E-state index contributed by atoms with van der Waals surface area (Å²) in [6, 6.07) is 12.1. The molecule has 0 atom stereocenters. The van der Waals surface area contributed by atoms with Crippen molar-refractivity contribution in [3.8, 4) is 11.5 Å². The third-order valence-electron chi connectivity index (χ3n) is 5.44. The summed E-state index contributed by atoms with van der Waals surface area (Å²) in [5.74, 6) is -0.144. The quantitative estimate of drug-likeness (QED) is 0.544. The molecule has 168 valence electrons. The summed E-state index contributed by atoms with van der Waals surface area (Å²) in [6.07, 6.45) is 0.421. The van der Waals surface area contributed by atoms with Crippen molar-refractivity contribution in [3.05, 3.63) is 59.9 Å². The van der Waals surface area contributed by atoms with Gasteiger partial charge >= 0.3 is 0 Å². The van der Waals surface area contributed by atoms with Crippen LogP contribution in [0, 0.1) is 12.7 Å². The van der Waals surface area contributed by atoms with Crippen molar-refractivity contribution in [3.63, 3.8) is 0 Å². The van der Waals surface area contributed by atoms with Gasteiger partial charge in [0.2, 0.25) is 32.5 Å². The third-order valence-corrected chi connectivity index (χ3v) is 7.11. The third kappa shape index (κ3) is 4.25. The normalized spacial score (nSPS) is 14.6. The van der Waals surface area contributed by atoms with Crippen LogP contribution in [-0.4, -0.2) is 50.4 Å². The molecule has 9 heteroatoms. The van der Waals surface area contributed by atoms with Crippen LogP contribution in [0.15, 0.2) is 62.9 Å². The molecule has 0 spiro atoms. The number of anilines is 1. The molecule has 32 heavy (non-hydrogen) atoms. The molecule has 4 rings (SSSR count). The summed E-state index contributed by atoms with van der Waals surface area (Å²) in [7, 11) is -4.06. The Morgan fingerprint density at radius 3 is 2.41 bits per heavy atom. The molecule has 1 aromatic heterocycles. The number of carbonyl (C=O) groups excluding carboxylic acids is 1. The van der Waals surface area contributed by atoms with Gasteiger partial charge < -0.3 is 14.2 Å². The van der Waals surface area contributed by atoms with Gasteiger partial charge in [0, 0.05) is 38.2 Å². The van der Waals surface area contributed by atoms with E-state index in [1.165, 1.54) is 12.1 Å². The van der Waals surface area contributed by atoms with Gasteiger partial charge in [-0.2, -0.15) is 4.98 Å². The van der Waals surface area contributed by atoms with Crippen LogP contribution in [0.2, 0.25) is 0 Å². The van der Waals surface area contributed by atoms with E-state index >= 15 is 0 Å². The Bertz CT molecular complexity index is 1230. The Morgan fingerprint density at radius 2 is 1.78 bits per heavy atom. The van der Waals surface area contributed by atoms with E-state index in [0.717, 1.165) is 17.7 Å². The molecule has 2 aromatic carbocycles. The van der Waals surface area contributed by atoms with Crippen LogP contribution in [-0.2, 0) is 14.6 Å². The van der Waals surface area contributed by atoms with Crippen LogP contribution in [0.4, 0.5) is 10.3 Å². The summed E-state index contributed by atoms with van der Waals surface area (Å²) in [6.45, 7) is 5.49. The number of hydrogen-bond donors (Lipinski definition) is 0. The minimum atomic E-state index is -4.06. The van der Waals surface area contributed by atoms with E-state index in [0.29, 0.717) is 38.2 Å². The molecule has 3 aromatic rings. The number of piperazine rings is 1. The highest BCUT2D eigenvalue weighted by Crippen LogP contribution is 2.35. The fourth-order valence-corrected chi connectivity index (χ4v) is 5.00. The summed E-state index contributed by atoms with van der Waals surface area (Å²) in [5, 5.41) is -0.212. The SMILES string of the molecule is CCC(=O)N1CCN(c2oc(-c3cccc(C)c3)nc2S(=O)(=O)c2ccc(F)cc2)CC1. The van der Waals surface area contributed by atoms with Gasteiger partial charge in [-0.1, -0.05) is 24.6 Å². The average Bonchev–Trinajstić information content (AvgIpc) is 3.25. The molecule has 0 aliphatic carbocycles. The lowest BCUT2D eigenvalue weighted by Gasteiger charge is -2.34. The minimum absolute atomic E-state index is 0.0572. The van der Waals surface area contributed by atoms with Crippen LogP contribution in [0.5, 0.6) is 0 Å². The number of carbonyl (C=O) groups is 1. The summed E-state index contributed by atoms with van der Waals surface area (Å²) < 4.78 is 46.2. The smallest absolute Gasteiger partial charge is 0.236 e. The topological polar surface area (TPSA) is 83.7 Å². The lowest BCUT2D eigenvalue weighted by molar-refractivity contribution is -0.131. The number of aryl methyl sites for hydroxylation is 1. The maximum Gasteiger partial charge on any atom is 0.236 e. The van der Waals surface area contributed by atoms with Gasteiger partial charge in [0.05, 0.1) is 4.90 Å². The van der Waals surface area contributed by atoms with E-state index in [1.807, 2.05) is 32.0 Å². The largest absolute Gasteiger partial charge is 0.419 e. The molecule has 2 heterocycles. The van der Waals surface area contributed by atoms with Gasteiger partial charge in [0.1, 0.15) is 5.82 Å². The fraction of sp³-hybridized carbons (Fsp3) is 0.304. The standard InChI is InChI=1S/C23H24FN3O4S/c1-3-20(28)26-11-13-27(14-12-26)23-22(32(29,30)19-9-7-18(24)8-10-19)25-21(31-23)17-6-4-5-16(2)15-17/h4-10,15H,3,11-14H2,1-2H3. The van der Waals surface area contributed by atoms with Gasteiger partial charge in [0.25, 0.3) is 0 Å². The highest BCUT2D eigenvalue weighted by molar-refractivity contribution is 7.91. The van der Waals surface area contributed by atoms with E-state index in [1.54, 1.807) is 15.9 Å². The first-order valence-electron chi connectivity index (χ1n) is 10.4. The lowest BCUT2D eigenvalue weighted by atomic mass is 10.1. The van der Waals surface area contributed by atoms with Crippen molar-refractivity contribution in [1.82, 2.24) is 9.88 Å². The molecule has 1 aliphatic rings. The zero-order valence-corrected chi connectivity index (χ0v) is 18.7. The van der Waals surface area contributed by atoms with E-state index in [2.05, 4.69) is 4.98 Å². The molecule has 0 bridgehead atoms. The van der Waals surface area contributed by atoms with Crippen molar-refractivity contribution >= 4 is 21.6 Å². The average molecular weight is 458 g/mol. The predicted molar refractivity (Wildman–Crippen MR) is 118 cm³/mol. The number of hydrogen-bond acceptors (Lipinski definition) is 6. The Kier molecular flexibility index (Phi) is 6.01. The van der Waals surface area contributed by atoms with E-state index in [9.17, 15) is 17.6 Å². The zero-order chi connectivity index (χ0) is 22.9. The van der Waals surface area contributed by atoms with E-state index < -0.39 is 15.7 Å². The molecule has 7 nitrogen and oxygen atoms in total. The summed E-state index contributed by atoms with van der Waals surface area (Å²) in [4.78, 5) is 19.9. The van der Waals surface area contributed by atoms with E-state index in [-0.39, 0.29) is 27.6 Å². The van der Waals surface area contributed by atoms with Crippen molar-refractivity contribution in [1.29, 1.82) is 0 Å². The molecule has 1 fully saturated rings. The van der Waals surface area contributed by atoms with Crippen LogP contribution in [0.25, 0.3) is 11.5 Å². The molecule has 0 unspecified atom stereocenters. The number of halogens is 1. The Balaban J connectivity index is 1.76. The highest BCUT2D eigenvalue weighted by atomic mass is 32.2. The number of sulfone groups is 1. The van der Waals surface area contributed by atoms with Gasteiger partial charge in [-0.05, 0) is 43.3 Å². The number of amides is 1. The van der Waals surface area contributed by atoms with Crippen LogP contribution >= 0.6 is 0 Å².